The molecule has 5 nitrogen and oxygen atoms in total. The molecular weight excluding hydrogens is 443 g/mol. The maximum absolute atomic E-state index is 14.5. The largest absolute Gasteiger partial charge is 0.350 e. The molecule has 1 aliphatic carbocycles. The van der Waals surface area contributed by atoms with Gasteiger partial charge in [0.2, 0.25) is 5.91 Å². The molecule has 0 bridgehead atoms. The second kappa shape index (κ2) is 13.0. The molecule has 1 atom stereocenters. The summed E-state index contributed by atoms with van der Waals surface area (Å²) in [5.74, 6) is 5.51. The first-order valence-corrected chi connectivity index (χ1v) is 12.6. The van der Waals surface area contributed by atoms with Crippen molar-refractivity contribution in [2.75, 3.05) is 27.2 Å². The van der Waals surface area contributed by atoms with E-state index in [1.54, 1.807) is 12.1 Å². The van der Waals surface area contributed by atoms with Gasteiger partial charge < -0.3 is 4.74 Å². The van der Waals surface area contributed by atoms with Gasteiger partial charge >= 0.3 is 0 Å². The second-order valence-electron chi connectivity index (χ2n) is 10.3. The number of nitrogens with one attached hydrogen (secondary N) is 1. The maximum Gasteiger partial charge on any atom is 0.249 e. The quantitative estimate of drug-likeness (QED) is 0.297. The minimum Gasteiger partial charge on any atom is -0.350 e. The number of benzene rings is 1. The molecule has 35 heavy (non-hydrogen) atoms. The number of hydrogen-bond acceptors (Lipinski definition) is 4. The van der Waals surface area contributed by atoms with E-state index in [2.05, 4.69) is 29.5 Å². The SMILES string of the molecule is CN(C)CC#Cc1ccc(C2=CC/C(=C/CCC(C)(C)C(=O)NOC3CCCCO3)CC2)cc1F. The number of nitrogens with zero attached hydrogens (tertiary/aromatic N) is 1. The lowest BCUT2D eigenvalue weighted by Gasteiger charge is -2.26. The van der Waals surface area contributed by atoms with Crippen LogP contribution in [0.5, 0.6) is 0 Å². The standard InChI is InChI=1S/C29H39FN2O3/c1-29(2,28(33)31-35-27-11-5-6-20-34-27)18-7-9-22-12-14-23(15-13-22)25-17-16-24(26(30)21-25)10-8-19-32(3)4/h9,14,16-17,21,27H,5-7,11-13,15,18-20H2,1-4H3,(H,31,33)/b22-9-. The molecule has 1 unspecified atom stereocenters. The van der Waals surface area contributed by atoms with Crippen LogP contribution >= 0.6 is 0 Å². The Hall–Kier alpha value is -2.46. The molecule has 1 saturated heterocycles. The summed E-state index contributed by atoms with van der Waals surface area (Å²) in [7, 11) is 3.88. The Balaban J connectivity index is 1.47. The first-order chi connectivity index (χ1) is 16.7. The summed E-state index contributed by atoms with van der Waals surface area (Å²) in [6.07, 6.45) is 11.3. The zero-order valence-electron chi connectivity index (χ0n) is 21.6. The zero-order valence-corrected chi connectivity index (χ0v) is 21.6. The summed E-state index contributed by atoms with van der Waals surface area (Å²) in [5, 5.41) is 0. The summed E-state index contributed by atoms with van der Waals surface area (Å²) >= 11 is 0. The molecular formula is C29H39FN2O3. The van der Waals surface area contributed by atoms with Crippen molar-refractivity contribution in [2.24, 2.45) is 5.41 Å². The minimum absolute atomic E-state index is 0.118. The van der Waals surface area contributed by atoms with E-state index in [1.165, 1.54) is 11.1 Å². The van der Waals surface area contributed by atoms with Gasteiger partial charge in [-0.2, -0.15) is 0 Å². The smallest absolute Gasteiger partial charge is 0.249 e. The highest BCUT2D eigenvalue weighted by atomic mass is 19.1. The van der Waals surface area contributed by atoms with Crippen molar-refractivity contribution in [3.63, 3.8) is 0 Å². The molecule has 1 heterocycles. The third-order valence-electron chi connectivity index (χ3n) is 6.52. The summed E-state index contributed by atoms with van der Waals surface area (Å²) in [6.45, 7) is 5.16. The minimum atomic E-state index is -0.532. The van der Waals surface area contributed by atoms with E-state index in [9.17, 15) is 9.18 Å². The number of allylic oxidation sites excluding steroid dienone is 4. The lowest BCUT2D eigenvalue weighted by molar-refractivity contribution is -0.204. The number of carbonyl (C=O) groups is 1. The summed E-state index contributed by atoms with van der Waals surface area (Å²) in [6, 6.07) is 5.34. The van der Waals surface area contributed by atoms with Gasteiger partial charge in [-0.15, -0.1) is 0 Å². The van der Waals surface area contributed by atoms with E-state index >= 15 is 0 Å². The highest BCUT2D eigenvalue weighted by molar-refractivity contribution is 5.80. The van der Waals surface area contributed by atoms with Crippen LogP contribution in [-0.2, 0) is 14.4 Å². The number of hydrogen-bond donors (Lipinski definition) is 1. The maximum atomic E-state index is 14.5. The van der Waals surface area contributed by atoms with Gasteiger partial charge in [-0.05, 0) is 82.3 Å². The van der Waals surface area contributed by atoms with Crippen LogP contribution in [0.25, 0.3) is 5.57 Å². The molecule has 1 aromatic rings. The molecule has 0 saturated carbocycles. The van der Waals surface area contributed by atoms with Crippen molar-refractivity contribution < 1.29 is 18.8 Å². The van der Waals surface area contributed by atoms with Gasteiger partial charge in [0.05, 0.1) is 12.1 Å². The van der Waals surface area contributed by atoms with Gasteiger partial charge in [0.25, 0.3) is 0 Å². The Bertz CT molecular complexity index is 995. The van der Waals surface area contributed by atoms with Crippen LogP contribution < -0.4 is 5.48 Å². The van der Waals surface area contributed by atoms with Crippen molar-refractivity contribution in [1.82, 2.24) is 10.4 Å². The number of rotatable bonds is 8. The third kappa shape index (κ3) is 8.61. The van der Waals surface area contributed by atoms with Crippen molar-refractivity contribution >= 4 is 11.5 Å². The van der Waals surface area contributed by atoms with E-state index in [4.69, 9.17) is 9.57 Å². The van der Waals surface area contributed by atoms with E-state index in [0.717, 1.165) is 56.9 Å². The Kier molecular flexibility index (Phi) is 10.1. The van der Waals surface area contributed by atoms with E-state index in [1.807, 2.05) is 38.9 Å². The molecule has 2 aliphatic rings. The van der Waals surface area contributed by atoms with Crippen molar-refractivity contribution in [3.8, 4) is 11.8 Å². The molecule has 0 spiro atoms. The van der Waals surface area contributed by atoms with Crippen molar-refractivity contribution in [2.45, 2.75) is 71.5 Å². The topological polar surface area (TPSA) is 50.8 Å². The Labute approximate surface area is 209 Å². The highest BCUT2D eigenvalue weighted by Crippen LogP contribution is 2.32. The van der Waals surface area contributed by atoms with Crippen LogP contribution in [0, 0.1) is 23.1 Å². The Morgan fingerprint density at radius 3 is 2.80 bits per heavy atom. The number of ether oxygens (including phenoxy) is 1. The number of amides is 1. The fourth-order valence-corrected chi connectivity index (χ4v) is 4.12. The summed E-state index contributed by atoms with van der Waals surface area (Å²) < 4.78 is 20.0. The summed E-state index contributed by atoms with van der Waals surface area (Å²) in [4.78, 5) is 20.0. The zero-order chi connectivity index (χ0) is 25.3. The predicted molar refractivity (Wildman–Crippen MR) is 138 cm³/mol. The van der Waals surface area contributed by atoms with Gasteiger partial charge in [-0.25, -0.2) is 14.7 Å². The Morgan fingerprint density at radius 2 is 2.14 bits per heavy atom. The Morgan fingerprint density at radius 1 is 1.31 bits per heavy atom. The van der Waals surface area contributed by atoms with Gasteiger partial charge in [-0.1, -0.05) is 49.5 Å². The van der Waals surface area contributed by atoms with E-state index in [0.29, 0.717) is 18.7 Å². The molecule has 1 aliphatic heterocycles. The average Bonchev–Trinajstić information content (AvgIpc) is 2.84. The monoisotopic (exact) mass is 482 g/mol. The lowest BCUT2D eigenvalue weighted by atomic mass is 9.85. The van der Waals surface area contributed by atoms with Gasteiger partial charge in [0, 0.05) is 18.4 Å². The van der Waals surface area contributed by atoms with Crippen molar-refractivity contribution in [3.05, 3.63) is 52.9 Å². The first kappa shape index (κ1) is 27.1. The summed E-state index contributed by atoms with van der Waals surface area (Å²) in [5.41, 5.74) is 5.97. The normalized spacial score (nSPS) is 19.8. The average molecular weight is 483 g/mol. The molecule has 3 rings (SSSR count). The fourth-order valence-electron chi connectivity index (χ4n) is 4.12. The molecule has 190 valence electrons. The molecule has 1 amide bonds. The van der Waals surface area contributed by atoms with Gasteiger partial charge in [0.15, 0.2) is 6.29 Å². The third-order valence-corrected chi connectivity index (χ3v) is 6.52. The van der Waals surface area contributed by atoms with Crippen LogP contribution in [0.2, 0.25) is 0 Å². The van der Waals surface area contributed by atoms with Crippen LogP contribution in [0.1, 0.15) is 76.3 Å². The number of carbonyl (C=O) groups excluding carboxylic acids is 1. The molecule has 6 heteroatoms. The van der Waals surface area contributed by atoms with Crippen LogP contribution in [-0.4, -0.2) is 44.3 Å². The molecule has 0 aromatic heterocycles. The highest BCUT2D eigenvalue weighted by Gasteiger charge is 2.28. The van der Waals surface area contributed by atoms with Crippen LogP contribution in [0.15, 0.2) is 35.9 Å². The first-order valence-electron chi connectivity index (χ1n) is 12.6. The van der Waals surface area contributed by atoms with E-state index in [-0.39, 0.29) is 18.0 Å². The van der Waals surface area contributed by atoms with Crippen LogP contribution in [0.4, 0.5) is 4.39 Å². The van der Waals surface area contributed by atoms with Crippen molar-refractivity contribution in [1.29, 1.82) is 0 Å². The number of halogens is 1. The predicted octanol–water partition coefficient (Wildman–Crippen LogP) is 5.61. The lowest BCUT2D eigenvalue weighted by Crippen LogP contribution is -2.40. The number of hydroxylamine groups is 1. The molecule has 1 aromatic carbocycles. The van der Waals surface area contributed by atoms with E-state index < -0.39 is 5.41 Å². The van der Waals surface area contributed by atoms with Gasteiger partial charge in [-0.3, -0.25) is 9.69 Å². The second-order valence-corrected chi connectivity index (χ2v) is 10.3. The molecule has 1 fully saturated rings. The fraction of sp³-hybridized carbons (Fsp3) is 0.552. The molecule has 0 radical (unpaired) electrons. The molecule has 1 N–H and O–H groups in total. The van der Waals surface area contributed by atoms with Gasteiger partial charge in [0.1, 0.15) is 5.82 Å². The van der Waals surface area contributed by atoms with Crippen LogP contribution in [0.3, 0.4) is 0 Å².